The molecule has 1 N–H and O–H groups in total. The summed E-state index contributed by atoms with van der Waals surface area (Å²) < 4.78 is 0. The van der Waals surface area contributed by atoms with E-state index in [2.05, 4.69) is 43.4 Å². The van der Waals surface area contributed by atoms with Crippen molar-refractivity contribution in [3.8, 4) is 0 Å². The average molecular weight is 147 g/mol. The normalized spacial score (nSPS) is 28.5. The van der Waals surface area contributed by atoms with Gasteiger partial charge in [-0.25, -0.2) is 0 Å². The van der Waals surface area contributed by atoms with Crippen molar-refractivity contribution in [2.45, 2.75) is 25.9 Å². The van der Waals surface area contributed by atoms with Gasteiger partial charge in [0.25, 0.3) is 0 Å². The molecule has 0 amide bonds. The molecule has 0 saturated heterocycles. The molecule has 1 heterocycles. The van der Waals surface area contributed by atoms with Gasteiger partial charge in [0.2, 0.25) is 0 Å². The van der Waals surface area contributed by atoms with Gasteiger partial charge in [-0.3, -0.25) is 0 Å². The first kappa shape index (κ1) is 6.86. The highest BCUT2D eigenvalue weighted by molar-refractivity contribution is 5.35. The lowest BCUT2D eigenvalue weighted by atomic mass is 10.0. The summed E-state index contributed by atoms with van der Waals surface area (Å²) in [6, 6.07) is 9.68. The largest absolute Gasteiger partial charge is 0.304 e. The van der Waals surface area contributed by atoms with Crippen LogP contribution in [0, 0.1) is 0 Å². The van der Waals surface area contributed by atoms with Crippen LogP contribution in [0.25, 0.3) is 0 Å². The van der Waals surface area contributed by atoms with Crippen molar-refractivity contribution in [3.63, 3.8) is 0 Å². The molecule has 1 aliphatic heterocycles. The van der Waals surface area contributed by atoms with Crippen LogP contribution in [0.1, 0.15) is 37.1 Å². The van der Waals surface area contributed by atoms with Crippen LogP contribution in [-0.2, 0) is 0 Å². The molecule has 0 spiro atoms. The molecule has 1 aromatic rings. The molecule has 1 heteroatoms. The van der Waals surface area contributed by atoms with Gasteiger partial charge in [0, 0.05) is 12.1 Å². The first-order valence-electron chi connectivity index (χ1n) is 4.14. The van der Waals surface area contributed by atoms with Gasteiger partial charge in [-0.15, -0.1) is 0 Å². The zero-order chi connectivity index (χ0) is 7.84. The molecule has 1 nitrogen and oxygen atoms in total. The van der Waals surface area contributed by atoms with Crippen molar-refractivity contribution in [1.82, 2.24) is 5.32 Å². The Balaban J connectivity index is 2.52. The first-order valence-corrected chi connectivity index (χ1v) is 4.14. The van der Waals surface area contributed by atoms with Gasteiger partial charge >= 0.3 is 0 Å². The van der Waals surface area contributed by atoms with Crippen molar-refractivity contribution in [2.24, 2.45) is 0 Å². The van der Waals surface area contributed by atoms with Gasteiger partial charge in [-0.2, -0.15) is 0 Å². The van der Waals surface area contributed by atoms with E-state index in [1.165, 1.54) is 11.1 Å². The summed E-state index contributed by atoms with van der Waals surface area (Å²) in [4.78, 5) is 0. The SMILES string of the molecule is C[C@@H]1N[C@H](C)c2ccccc21. The van der Waals surface area contributed by atoms with E-state index < -0.39 is 0 Å². The molecule has 2 rings (SSSR count). The third-order valence-electron chi connectivity index (χ3n) is 2.43. The molecule has 0 aliphatic carbocycles. The van der Waals surface area contributed by atoms with Crippen LogP contribution in [0.4, 0.5) is 0 Å². The standard InChI is InChI=1S/C10H13N/c1-7-9-5-3-4-6-10(9)8(2)11-7/h3-8,11H,1-2H3/t7-,8+. The maximum absolute atomic E-state index is 3.48. The van der Waals surface area contributed by atoms with Crippen molar-refractivity contribution >= 4 is 0 Å². The quantitative estimate of drug-likeness (QED) is 0.594. The second-order valence-corrected chi connectivity index (χ2v) is 3.24. The highest BCUT2D eigenvalue weighted by Gasteiger charge is 2.22. The van der Waals surface area contributed by atoms with Crippen molar-refractivity contribution in [3.05, 3.63) is 35.4 Å². The number of rotatable bonds is 0. The van der Waals surface area contributed by atoms with Gasteiger partial charge in [0.15, 0.2) is 0 Å². The molecule has 0 unspecified atom stereocenters. The van der Waals surface area contributed by atoms with Crippen LogP contribution in [-0.4, -0.2) is 0 Å². The Morgan fingerprint density at radius 2 is 1.45 bits per heavy atom. The summed E-state index contributed by atoms with van der Waals surface area (Å²) >= 11 is 0. The lowest BCUT2D eigenvalue weighted by Crippen LogP contribution is -2.11. The summed E-state index contributed by atoms with van der Waals surface area (Å²) in [5.74, 6) is 0. The zero-order valence-corrected chi connectivity index (χ0v) is 6.96. The highest BCUT2D eigenvalue weighted by atomic mass is 15.0. The molecular formula is C10H13N. The molecule has 1 aliphatic rings. The fraction of sp³-hybridized carbons (Fsp3) is 0.400. The monoisotopic (exact) mass is 147 g/mol. The molecule has 11 heavy (non-hydrogen) atoms. The molecule has 1 aromatic carbocycles. The van der Waals surface area contributed by atoms with Gasteiger partial charge in [0.05, 0.1) is 0 Å². The average Bonchev–Trinajstić information content (AvgIpc) is 2.30. The topological polar surface area (TPSA) is 12.0 Å². The number of fused-ring (bicyclic) bond motifs is 1. The van der Waals surface area contributed by atoms with Gasteiger partial charge in [-0.05, 0) is 25.0 Å². The zero-order valence-electron chi connectivity index (χ0n) is 6.96. The van der Waals surface area contributed by atoms with Crippen LogP contribution in [0.5, 0.6) is 0 Å². The Morgan fingerprint density at radius 1 is 1.00 bits per heavy atom. The van der Waals surface area contributed by atoms with E-state index in [-0.39, 0.29) is 0 Å². The van der Waals surface area contributed by atoms with E-state index in [1.807, 2.05) is 0 Å². The summed E-state index contributed by atoms with van der Waals surface area (Å²) in [5, 5.41) is 3.48. The fourth-order valence-electron chi connectivity index (χ4n) is 1.85. The summed E-state index contributed by atoms with van der Waals surface area (Å²) in [6.45, 7) is 4.42. The van der Waals surface area contributed by atoms with Crippen LogP contribution in [0.15, 0.2) is 24.3 Å². The smallest absolute Gasteiger partial charge is 0.0300 e. The molecule has 58 valence electrons. The Bertz CT molecular complexity index is 240. The lowest BCUT2D eigenvalue weighted by Gasteiger charge is -2.04. The van der Waals surface area contributed by atoms with E-state index in [0.717, 1.165) is 0 Å². The minimum absolute atomic E-state index is 0.529. The molecule has 2 atom stereocenters. The van der Waals surface area contributed by atoms with Crippen molar-refractivity contribution in [1.29, 1.82) is 0 Å². The summed E-state index contributed by atoms with van der Waals surface area (Å²) in [6.07, 6.45) is 0. The molecular weight excluding hydrogens is 134 g/mol. The van der Waals surface area contributed by atoms with Crippen molar-refractivity contribution < 1.29 is 0 Å². The summed E-state index contributed by atoms with van der Waals surface area (Å²) in [7, 11) is 0. The Kier molecular flexibility index (Phi) is 1.46. The molecule has 0 radical (unpaired) electrons. The number of hydrogen-bond donors (Lipinski definition) is 1. The van der Waals surface area contributed by atoms with E-state index in [1.54, 1.807) is 0 Å². The van der Waals surface area contributed by atoms with Crippen molar-refractivity contribution in [2.75, 3.05) is 0 Å². The van der Waals surface area contributed by atoms with Gasteiger partial charge < -0.3 is 5.32 Å². The number of benzene rings is 1. The Labute approximate surface area is 67.4 Å². The maximum atomic E-state index is 3.48. The second-order valence-electron chi connectivity index (χ2n) is 3.24. The third-order valence-corrected chi connectivity index (χ3v) is 2.43. The number of nitrogens with one attached hydrogen (secondary N) is 1. The predicted molar refractivity (Wildman–Crippen MR) is 46.4 cm³/mol. The minimum atomic E-state index is 0.529. The predicted octanol–water partition coefficient (Wildman–Crippen LogP) is 2.41. The highest BCUT2D eigenvalue weighted by Crippen LogP contribution is 2.31. The molecule has 0 bridgehead atoms. The first-order chi connectivity index (χ1) is 5.29. The Hall–Kier alpha value is -0.820. The molecule has 0 fully saturated rings. The van der Waals surface area contributed by atoms with Gasteiger partial charge in [0.1, 0.15) is 0 Å². The summed E-state index contributed by atoms with van der Waals surface area (Å²) in [5.41, 5.74) is 2.92. The lowest BCUT2D eigenvalue weighted by molar-refractivity contribution is 0.553. The fourth-order valence-corrected chi connectivity index (χ4v) is 1.85. The molecule has 0 saturated carbocycles. The number of hydrogen-bond acceptors (Lipinski definition) is 1. The second kappa shape index (κ2) is 2.35. The third kappa shape index (κ3) is 0.962. The van der Waals surface area contributed by atoms with E-state index in [9.17, 15) is 0 Å². The van der Waals surface area contributed by atoms with E-state index >= 15 is 0 Å². The van der Waals surface area contributed by atoms with Gasteiger partial charge in [-0.1, -0.05) is 24.3 Å². The van der Waals surface area contributed by atoms with Crippen LogP contribution in [0.2, 0.25) is 0 Å². The van der Waals surface area contributed by atoms with E-state index in [4.69, 9.17) is 0 Å². The van der Waals surface area contributed by atoms with Crippen LogP contribution in [0.3, 0.4) is 0 Å². The van der Waals surface area contributed by atoms with E-state index in [0.29, 0.717) is 12.1 Å². The maximum Gasteiger partial charge on any atom is 0.0300 e. The molecule has 0 aromatic heterocycles. The minimum Gasteiger partial charge on any atom is -0.304 e. The van der Waals surface area contributed by atoms with Crippen LogP contribution >= 0.6 is 0 Å². The Morgan fingerprint density at radius 3 is 1.91 bits per heavy atom. The van der Waals surface area contributed by atoms with Crippen LogP contribution < -0.4 is 5.32 Å².